The summed E-state index contributed by atoms with van der Waals surface area (Å²) in [6, 6.07) is 0. The van der Waals surface area contributed by atoms with Gasteiger partial charge in [0.1, 0.15) is 5.02 Å². The van der Waals surface area contributed by atoms with Gasteiger partial charge in [-0.2, -0.15) is 4.98 Å². The predicted molar refractivity (Wildman–Crippen MR) is 83.1 cm³/mol. The zero-order valence-corrected chi connectivity index (χ0v) is 13.3. The van der Waals surface area contributed by atoms with Crippen molar-refractivity contribution in [2.24, 2.45) is 11.8 Å². The summed E-state index contributed by atoms with van der Waals surface area (Å²) in [6.45, 7) is 13.5. The van der Waals surface area contributed by atoms with Crippen LogP contribution in [0.3, 0.4) is 0 Å². The summed E-state index contributed by atoms with van der Waals surface area (Å²) >= 11 is 6.26. The van der Waals surface area contributed by atoms with Crippen molar-refractivity contribution in [1.82, 2.24) is 9.97 Å². The van der Waals surface area contributed by atoms with Crippen LogP contribution in [0.2, 0.25) is 5.02 Å². The number of anilines is 2. The molecular formula is C14H25ClN4. The molecule has 1 rings (SSSR count). The molecule has 0 aliphatic carbocycles. The molecular weight excluding hydrogens is 260 g/mol. The average Bonchev–Trinajstić information content (AvgIpc) is 2.30. The molecule has 19 heavy (non-hydrogen) atoms. The fourth-order valence-electron chi connectivity index (χ4n) is 1.95. The largest absolute Gasteiger partial charge is 0.355 e. The third-order valence-corrected chi connectivity index (χ3v) is 2.80. The van der Waals surface area contributed by atoms with Crippen molar-refractivity contribution in [2.75, 3.05) is 29.9 Å². The molecule has 1 aromatic rings. The van der Waals surface area contributed by atoms with E-state index in [9.17, 15) is 0 Å². The first kappa shape index (κ1) is 16.0. The molecule has 1 N–H and O–H groups in total. The van der Waals surface area contributed by atoms with Crippen molar-refractivity contribution in [1.29, 1.82) is 0 Å². The summed E-state index contributed by atoms with van der Waals surface area (Å²) < 4.78 is 0. The van der Waals surface area contributed by atoms with E-state index in [1.807, 2.05) is 6.92 Å². The summed E-state index contributed by atoms with van der Waals surface area (Å²) in [7, 11) is 0. The molecule has 0 saturated heterocycles. The third kappa shape index (κ3) is 5.23. The first-order chi connectivity index (χ1) is 8.93. The molecule has 0 atom stereocenters. The monoisotopic (exact) mass is 284 g/mol. The van der Waals surface area contributed by atoms with Gasteiger partial charge in [0, 0.05) is 19.6 Å². The van der Waals surface area contributed by atoms with Crippen LogP contribution in [0.25, 0.3) is 0 Å². The summed E-state index contributed by atoms with van der Waals surface area (Å²) in [5.41, 5.74) is 0. The average molecular weight is 285 g/mol. The standard InChI is InChI=1S/C14H25ClN4/c1-6-16-14-17-7-12(15)13(18-14)19(8-10(2)3)9-11(4)5/h7,10-11H,6,8-9H2,1-5H3,(H,16,17,18). The Morgan fingerprint density at radius 1 is 1.21 bits per heavy atom. The maximum Gasteiger partial charge on any atom is 0.224 e. The zero-order valence-electron chi connectivity index (χ0n) is 12.6. The molecule has 0 spiro atoms. The Morgan fingerprint density at radius 2 is 1.79 bits per heavy atom. The Labute approximate surface area is 121 Å². The smallest absolute Gasteiger partial charge is 0.224 e. The molecule has 0 bridgehead atoms. The minimum absolute atomic E-state index is 0.562. The number of nitrogens with one attached hydrogen (secondary N) is 1. The number of aromatic nitrogens is 2. The molecule has 0 aliphatic rings. The maximum atomic E-state index is 6.26. The van der Waals surface area contributed by atoms with Crippen molar-refractivity contribution in [3.05, 3.63) is 11.2 Å². The minimum Gasteiger partial charge on any atom is -0.355 e. The lowest BCUT2D eigenvalue weighted by Crippen LogP contribution is -2.32. The van der Waals surface area contributed by atoms with E-state index >= 15 is 0 Å². The van der Waals surface area contributed by atoms with Crippen molar-refractivity contribution in [3.8, 4) is 0 Å². The topological polar surface area (TPSA) is 41.1 Å². The summed E-state index contributed by atoms with van der Waals surface area (Å²) in [4.78, 5) is 11.0. The lowest BCUT2D eigenvalue weighted by molar-refractivity contribution is 0.548. The first-order valence-corrected chi connectivity index (χ1v) is 7.33. The van der Waals surface area contributed by atoms with E-state index in [1.54, 1.807) is 6.20 Å². The number of hydrogen-bond donors (Lipinski definition) is 1. The second kappa shape index (κ2) is 7.53. The summed E-state index contributed by atoms with van der Waals surface area (Å²) in [6.07, 6.45) is 1.68. The van der Waals surface area contributed by atoms with Crippen LogP contribution >= 0.6 is 11.6 Å². The van der Waals surface area contributed by atoms with Crippen molar-refractivity contribution >= 4 is 23.4 Å². The van der Waals surface area contributed by atoms with Crippen LogP contribution in [0.5, 0.6) is 0 Å². The Morgan fingerprint density at radius 3 is 2.26 bits per heavy atom. The highest BCUT2D eigenvalue weighted by Gasteiger charge is 2.16. The van der Waals surface area contributed by atoms with Gasteiger partial charge in [-0.15, -0.1) is 0 Å². The maximum absolute atomic E-state index is 6.26. The molecule has 0 saturated carbocycles. The number of hydrogen-bond acceptors (Lipinski definition) is 4. The molecule has 1 aromatic heterocycles. The van der Waals surface area contributed by atoms with E-state index in [-0.39, 0.29) is 0 Å². The number of halogens is 1. The molecule has 1 heterocycles. The molecule has 0 aromatic carbocycles. The minimum atomic E-state index is 0.562. The zero-order chi connectivity index (χ0) is 14.4. The molecule has 0 radical (unpaired) electrons. The highest BCUT2D eigenvalue weighted by molar-refractivity contribution is 6.32. The van der Waals surface area contributed by atoms with Gasteiger partial charge in [0.25, 0.3) is 0 Å². The highest BCUT2D eigenvalue weighted by Crippen LogP contribution is 2.25. The lowest BCUT2D eigenvalue weighted by Gasteiger charge is -2.28. The summed E-state index contributed by atoms with van der Waals surface area (Å²) in [5.74, 6) is 2.59. The van der Waals surface area contributed by atoms with Crippen molar-refractivity contribution in [2.45, 2.75) is 34.6 Å². The Kier molecular flexibility index (Phi) is 6.35. The van der Waals surface area contributed by atoms with E-state index in [0.717, 1.165) is 25.5 Å². The van der Waals surface area contributed by atoms with Crippen LogP contribution in [0, 0.1) is 11.8 Å². The third-order valence-electron chi connectivity index (χ3n) is 2.53. The van der Waals surface area contributed by atoms with Gasteiger partial charge >= 0.3 is 0 Å². The van der Waals surface area contributed by atoms with Crippen LogP contribution in [0.1, 0.15) is 34.6 Å². The van der Waals surface area contributed by atoms with Crippen LogP contribution in [0.4, 0.5) is 11.8 Å². The van der Waals surface area contributed by atoms with Crippen LogP contribution in [-0.4, -0.2) is 29.6 Å². The van der Waals surface area contributed by atoms with Gasteiger partial charge in [0.2, 0.25) is 5.95 Å². The highest BCUT2D eigenvalue weighted by atomic mass is 35.5. The van der Waals surface area contributed by atoms with Gasteiger partial charge in [-0.1, -0.05) is 39.3 Å². The second-order valence-electron chi connectivity index (χ2n) is 5.59. The van der Waals surface area contributed by atoms with E-state index in [1.165, 1.54) is 0 Å². The fourth-order valence-corrected chi connectivity index (χ4v) is 2.16. The number of rotatable bonds is 7. The van der Waals surface area contributed by atoms with Gasteiger partial charge in [-0.05, 0) is 18.8 Å². The van der Waals surface area contributed by atoms with Crippen molar-refractivity contribution in [3.63, 3.8) is 0 Å². The van der Waals surface area contributed by atoms with E-state index in [0.29, 0.717) is 22.8 Å². The van der Waals surface area contributed by atoms with E-state index in [2.05, 4.69) is 47.9 Å². The Balaban J connectivity index is 3.01. The Bertz CT molecular complexity index is 383. The number of nitrogens with zero attached hydrogens (tertiary/aromatic N) is 3. The van der Waals surface area contributed by atoms with E-state index < -0.39 is 0 Å². The normalized spacial score (nSPS) is 11.2. The predicted octanol–water partition coefficient (Wildman–Crippen LogP) is 3.68. The fraction of sp³-hybridized carbons (Fsp3) is 0.714. The molecule has 0 fully saturated rings. The molecule has 108 valence electrons. The van der Waals surface area contributed by atoms with Crippen LogP contribution in [-0.2, 0) is 0 Å². The SMILES string of the molecule is CCNc1ncc(Cl)c(N(CC(C)C)CC(C)C)n1. The van der Waals surface area contributed by atoms with Gasteiger partial charge < -0.3 is 10.2 Å². The van der Waals surface area contributed by atoms with Crippen LogP contribution < -0.4 is 10.2 Å². The second-order valence-corrected chi connectivity index (χ2v) is 6.00. The van der Waals surface area contributed by atoms with Gasteiger partial charge in [-0.3, -0.25) is 0 Å². The molecule has 4 nitrogen and oxygen atoms in total. The molecule has 0 amide bonds. The van der Waals surface area contributed by atoms with Gasteiger partial charge in [0.15, 0.2) is 5.82 Å². The van der Waals surface area contributed by atoms with E-state index in [4.69, 9.17) is 11.6 Å². The van der Waals surface area contributed by atoms with Gasteiger partial charge in [-0.25, -0.2) is 4.98 Å². The first-order valence-electron chi connectivity index (χ1n) is 6.95. The Hall–Kier alpha value is -1.03. The summed E-state index contributed by atoms with van der Waals surface area (Å²) in [5, 5.41) is 3.74. The van der Waals surface area contributed by atoms with Crippen molar-refractivity contribution < 1.29 is 0 Å². The quantitative estimate of drug-likeness (QED) is 0.829. The molecule has 0 unspecified atom stereocenters. The van der Waals surface area contributed by atoms with Crippen LogP contribution in [0.15, 0.2) is 6.20 Å². The van der Waals surface area contributed by atoms with Gasteiger partial charge in [0.05, 0.1) is 6.20 Å². The molecule has 5 heteroatoms. The molecule has 0 aliphatic heterocycles. The lowest BCUT2D eigenvalue weighted by atomic mass is 10.1.